The van der Waals surface area contributed by atoms with Gasteiger partial charge in [-0.25, -0.2) is 0 Å². The molecule has 23 heavy (non-hydrogen) atoms. The van der Waals surface area contributed by atoms with Gasteiger partial charge in [0.05, 0.1) is 7.11 Å². The van der Waals surface area contributed by atoms with Crippen LogP contribution in [0.25, 0.3) is 0 Å². The van der Waals surface area contributed by atoms with Crippen molar-refractivity contribution in [3.05, 3.63) is 23.8 Å². The van der Waals surface area contributed by atoms with Crippen molar-refractivity contribution < 1.29 is 14.6 Å². The summed E-state index contributed by atoms with van der Waals surface area (Å²) in [4.78, 5) is 0. The van der Waals surface area contributed by atoms with Gasteiger partial charge in [0.1, 0.15) is 24.2 Å². The summed E-state index contributed by atoms with van der Waals surface area (Å²) in [6, 6.07) is 6.26. The molecular formula is C19H33NO3. The molecule has 0 saturated carbocycles. The molecule has 0 heterocycles. The maximum Gasteiger partial charge on any atom is 0.123 e. The quantitative estimate of drug-likeness (QED) is 0.730. The Kier molecular flexibility index (Phi) is 7.86. The molecule has 4 heteroatoms. The first-order valence-corrected chi connectivity index (χ1v) is 8.54. The molecule has 0 fully saturated rings. The molecule has 0 spiro atoms. The summed E-state index contributed by atoms with van der Waals surface area (Å²) in [6.07, 6.45) is 1.61. The topological polar surface area (TPSA) is 50.7 Å². The summed E-state index contributed by atoms with van der Waals surface area (Å²) >= 11 is 0. The predicted molar refractivity (Wildman–Crippen MR) is 95.6 cm³/mol. The Hall–Kier alpha value is -1.26. The highest BCUT2D eigenvalue weighted by Crippen LogP contribution is 2.34. The van der Waals surface area contributed by atoms with Crippen LogP contribution >= 0.6 is 0 Å². The van der Waals surface area contributed by atoms with Crippen LogP contribution < -0.4 is 14.8 Å². The number of ether oxygens (including phenoxy) is 2. The monoisotopic (exact) mass is 323 g/mol. The Morgan fingerprint density at radius 2 is 1.83 bits per heavy atom. The van der Waals surface area contributed by atoms with Gasteiger partial charge in [0, 0.05) is 18.2 Å². The largest absolute Gasteiger partial charge is 0.497 e. The van der Waals surface area contributed by atoms with E-state index in [1.54, 1.807) is 7.11 Å². The van der Waals surface area contributed by atoms with E-state index in [2.05, 4.69) is 39.9 Å². The van der Waals surface area contributed by atoms with Crippen LogP contribution in [0.15, 0.2) is 18.2 Å². The molecule has 0 aliphatic carbocycles. The van der Waals surface area contributed by atoms with Gasteiger partial charge in [-0.1, -0.05) is 34.6 Å². The molecule has 0 amide bonds. The van der Waals surface area contributed by atoms with Gasteiger partial charge in [-0.05, 0) is 36.5 Å². The van der Waals surface area contributed by atoms with Gasteiger partial charge in [-0.15, -0.1) is 0 Å². The molecule has 0 radical (unpaired) electrons. The van der Waals surface area contributed by atoms with Crippen LogP contribution in [0.2, 0.25) is 0 Å². The van der Waals surface area contributed by atoms with Crippen molar-refractivity contribution in [2.45, 2.75) is 65.0 Å². The van der Waals surface area contributed by atoms with E-state index in [0.29, 0.717) is 12.6 Å². The Morgan fingerprint density at radius 1 is 1.17 bits per heavy atom. The van der Waals surface area contributed by atoms with E-state index in [0.717, 1.165) is 29.9 Å². The van der Waals surface area contributed by atoms with Crippen LogP contribution in [0.1, 0.15) is 53.0 Å². The van der Waals surface area contributed by atoms with Crippen molar-refractivity contribution >= 4 is 0 Å². The van der Waals surface area contributed by atoms with Crippen LogP contribution in [0.4, 0.5) is 0 Å². The first-order valence-electron chi connectivity index (χ1n) is 8.54. The number of hydrogen-bond donors (Lipinski definition) is 2. The van der Waals surface area contributed by atoms with Crippen molar-refractivity contribution in [3.63, 3.8) is 0 Å². The lowest BCUT2D eigenvalue weighted by molar-refractivity contribution is 0.102. The van der Waals surface area contributed by atoms with Crippen molar-refractivity contribution in [3.8, 4) is 11.5 Å². The second-order valence-corrected chi connectivity index (χ2v) is 7.00. The lowest BCUT2D eigenvalue weighted by atomic mass is 9.86. The second kappa shape index (κ2) is 9.14. The van der Waals surface area contributed by atoms with Gasteiger partial charge in [0.25, 0.3) is 0 Å². The normalized spacial score (nSPS) is 13.2. The molecular weight excluding hydrogens is 290 g/mol. The highest BCUT2D eigenvalue weighted by molar-refractivity contribution is 5.44. The van der Waals surface area contributed by atoms with E-state index >= 15 is 0 Å². The minimum atomic E-state index is -0.523. The van der Waals surface area contributed by atoms with Crippen molar-refractivity contribution in [2.24, 2.45) is 0 Å². The molecule has 1 aromatic rings. The van der Waals surface area contributed by atoms with E-state index < -0.39 is 6.10 Å². The van der Waals surface area contributed by atoms with Crippen molar-refractivity contribution in [1.82, 2.24) is 5.32 Å². The fourth-order valence-electron chi connectivity index (χ4n) is 2.47. The third kappa shape index (κ3) is 6.40. The molecule has 0 aliphatic heterocycles. The number of hydrogen-bond acceptors (Lipinski definition) is 4. The highest BCUT2D eigenvalue weighted by atomic mass is 16.5. The van der Waals surface area contributed by atoms with E-state index in [9.17, 15) is 5.11 Å². The number of methoxy groups -OCH3 is 1. The van der Waals surface area contributed by atoms with Crippen LogP contribution in [-0.2, 0) is 5.41 Å². The smallest absolute Gasteiger partial charge is 0.123 e. The van der Waals surface area contributed by atoms with E-state index in [4.69, 9.17) is 9.47 Å². The molecule has 0 bridgehead atoms. The van der Waals surface area contributed by atoms with Gasteiger partial charge in [0.2, 0.25) is 0 Å². The molecule has 2 N–H and O–H groups in total. The molecule has 4 nitrogen and oxygen atoms in total. The van der Waals surface area contributed by atoms with E-state index in [1.807, 2.05) is 18.2 Å². The Bertz CT molecular complexity index is 464. The van der Waals surface area contributed by atoms with Crippen LogP contribution in [-0.4, -0.2) is 37.5 Å². The molecule has 0 aromatic heterocycles. The standard InChI is InChI=1S/C19H33NO3/c1-7-14(8-2)20-12-15(21)13-23-18-10-9-16(22-6)11-17(18)19(3,4)5/h9-11,14-15,20-21H,7-8,12-13H2,1-6H3. The number of nitrogens with one attached hydrogen (secondary N) is 1. The molecule has 0 aliphatic rings. The van der Waals surface area contributed by atoms with Gasteiger partial charge < -0.3 is 19.9 Å². The predicted octanol–water partition coefficient (Wildman–Crippen LogP) is 3.51. The Balaban J connectivity index is 2.66. The lowest BCUT2D eigenvalue weighted by Gasteiger charge is -2.24. The molecule has 1 atom stereocenters. The zero-order valence-corrected chi connectivity index (χ0v) is 15.5. The van der Waals surface area contributed by atoms with Gasteiger partial charge >= 0.3 is 0 Å². The lowest BCUT2D eigenvalue weighted by Crippen LogP contribution is -2.37. The van der Waals surface area contributed by atoms with E-state index in [1.165, 1.54) is 0 Å². The van der Waals surface area contributed by atoms with Crippen LogP contribution in [0.5, 0.6) is 11.5 Å². The minimum absolute atomic E-state index is 0.0530. The van der Waals surface area contributed by atoms with Crippen molar-refractivity contribution in [2.75, 3.05) is 20.3 Å². The molecule has 0 saturated heterocycles. The summed E-state index contributed by atoms with van der Waals surface area (Å²) < 4.78 is 11.2. The number of rotatable bonds is 9. The summed E-state index contributed by atoms with van der Waals surface area (Å²) in [6.45, 7) is 11.5. The molecule has 1 rings (SSSR count). The van der Waals surface area contributed by atoms with Gasteiger partial charge in [-0.2, -0.15) is 0 Å². The Labute approximate surface area is 141 Å². The summed E-state index contributed by atoms with van der Waals surface area (Å²) in [5.74, 6) is 1.62. The fourth-order valence-corrected chi connectivity index (χ4v) is 2.47. The van der Waals surface area contributed by atoms with Crippen molar-refractivity contribution in [1.29, 1.82) is 0 Å². The summed E-state index contributed by atoms with van der Waals surface area (Å²) in [5, 5.41) is 13.5. The zero-order chi connectivity index (χ0) is 17.5. The fraction of sp³-hybridized carbons (Fsp3) is 0.684. The number of benzene rings is 1. The first kappa shape index (κ1) is 19.8. The van der Waals surface area contributed by atoms with Crippen LogP contribution in [0, 0.1) is 0 Å². The maximum absolute atomic E-state index is 10.1. The van der Waals surface area contributed by atoms with Gasteiger partial charge in [0.15, 0.2) is 0 Å². The maximum atomic E-state index is 10.1. The Morgan fingerprint density at radius 3 is 2.35 bits per heavy atom. The molecule has 132 valence electrons. The summed E-state index contributed by atoms with van der Waals surface area (Å²) in [7, 11) is 1.66. The SMILES string of the molecule is CCC(CC)NCC(O)COc1ccc(OC)cc1C(C)(C)C. The summed E-state index contributed by atoms with van der Waals surface area (Å²) in [5.41, 5.74) is 1.03. The third-order valence-corrected chi connectivity index (χ3v) is 4.05. The number of aliphatic hydroxyl groups excluding tert-OH is 1. The van der Waals surface area contributed by atoms with Crippen LogP contribution in [0.3, 0.4) is 0 Å². The van der Waals surface area contributed by atoms with E-state index in [-0.39, 0.29) is 12.0 Å². The average Bonchev–Trinajstić information content (AvgIpc) is 2.52. The first-order chi connectivity index (χ1) is 10.8. The molecule has 1 aromatic carbocycles. The average molecular weight is 323 g/mol. The molecule has 1 unspecified atom stereocenters. The van der Waals surface area contributed by atoms with Gasteiger partial charge in [-0.3, -0.25) is 0 Å². The third-order valence-electron chi connectivity index (χ3n) is 4.05. The number of aliphatic hydroxyl groups is 1. The second-order valence-electron chi connectivity index (χ2n) is 7.00. The highest BCUT2D eigenvalue weighted by Gasteiger charge is 2.20. The zero-order valence-electron chi connectivity index (χ0n) is 15.5. The minimum Gasteiger partial charge on any atom is -0.497 e.